The molecule has 0 bridgehead atoms. The molecule has 0 spiro atoms. The van der Waals surface area contributed by atoms with Crippen LogP contribution in [0.5, 0.6) is 11.5 Å². The Kier molecular flexibility index (Phi) is 5.53. The van der Waals surface area contributed by atoms with Crippen LogP contribution < -0.4 is 14.2 Å². The zero-order chi connectivity index (χ0) is 20.6. The first-order valence-corrected chi connectivity index (χ1v) is 9.80. The largest absolute Gasteiger partial charge is 0.598 e. The van der Waals surface area contributed by atoms with Gasteiger partial charge in [-0.3, -0.25) is 4.98 Å². The molecule has 1 aliphatic rings. The molecule has 0 fully saturated rings. The second-order valence-corrected chi connectivity index (χ2v) is 9.38. The van der Waals surface area contributed by atoms with Gasteiger partial charge in [-0.25, -0.2) is 0 Å². The highest BCUT2D eigenvalue weighted by Gasteiger charge is 2.47. The number of rotatable bonds is 4. The normalized spacial score (nSPS) is 20.8. The number of alkyl halides is 3. The van der Waals surface area contributed by atoms with E-state index in [0.717, 1.165) is 0 Å². The van der Waals surface area contributed by atoms with Crippen LogP contribution in [0.3, 0.4) is 0 Å². The van der Waals surface area contributed by atoms with Gasteiger partial charge in [0.2, 0.25) is 0 Å². The molecule has 0 aliphatic carbocycles. The number of halogens is 3. The van der Waals surface area contributed by atoms with Crippen molar-refractivity contribution in [2.24, 2.45) is 0 Å². The van der Waals surface area contributed by atoms with E-state index in [4.69, 9.17) is 4.74 Å². The standard InChI is InChI=1S/C19H21F3N2O3S/c1-17(2,3)28(25)24-18(10-12-26-15-5-4-11-23-16(15)18)13-6-8-14(9-7-13)27-19(20,21)22/h4-9,11,24H,10,12H2,1-3H3. The first-order valence-electron chi connectivity index (χ1n) is 8.65. The van der Waals surface area contributed by atoms with E-state index in [2.05, 4.69) is 14.4 Å². The molecule has 152 valence electrons. The summed E-state index contributed by atoms with van der Waals surface area (Å²) in [6, 6.07) is 9.03. The summed E-state index contributed by atoms with van der Waals surface area (Å²) in [7, 11) is 0. The Morgan fingerprint density at radius 1 is 1.18 bits per heavy atom. The van der Waals surface area contributed by atoms with Crippen LogP contribution in [0.4, 0.5) is 13.2 Å². The molecule has 2 atom stereocenters. The Morgan fingerprint density at radius 3 is 2.46 bits per heavy atom. The van der Waals surface area contributed by atoms with Gasteiger partial charge in [0.05, 0.1) is 6.61 Å². The van der Waals surface area contributed by atoms with Gasteiger partial charge in [-0.1, -0.05) is 12.1 Å². The molecule has 2 unspecified atom stereocenters. The monoisotopic (exact) mass is 414 g/mol. The fourth-order valence-corrected chi connectivity index (χ4v) is 3.89. The maximum atomic E-state index is 12.9. The first kappa shape index (κ1) is 20.8. The van der Waals surface area contributed by atoms with Gasteiger partial charge in [0.15, 0.2) is 0 Å². The van der Waals surface area contributed by atoms with Gasteiger partial charge in [0.1, 0.15) is 27.5 Å². The van der Waals surface area contributed by atoms with Crippen molar-refractivity contribution in [3.05, 3.63) is 53.9 Å². The summed E-state index contributed by atoms with van der Waals surface area (Å²) < 4.78 is 62.6. The smallest absolute Gasteiger partial charge is 0.573 e. The minimum atomic E-state index is -4.77. The summed E-state index contributed by atoms with van der Waals surface area (Å²) in [6.45, 7) is 5.85. The fourth-order valence-electron chi connectivity index (χ4n) is 2.95. The van der Waals surface area contributed by atoms with E-state index in [9.17, 15) is 17.7 Å². The predicted molar refractivity (Wildman–Crippen MR) is 99.3 cm³/mol. The molecule has 5 nitrogen and oxygen atoms in total. The van der Waals surface area contributed by atoms with Crippen LogP contribution >= 0.6 is 0 Å². The molecule has 2 heterocycles. The zero-order valence-corrected chi connectivity index (χ0v) is 16.5. The van der Waals surface area contributed by atoms with Crippen molar-refractivity contribution in [2.45, 2.75) is 43.8 Å². The fraction of sp³-hybridized carbons (Fsp3) is 0.421. The Balaban J connectivity index is 2.06. The molecule has 3 rings (SSSR count). The summed E-state index contributed by atoms with van der Waals surface area (Å²) in [5.41, 5.74) is 0.204. The average Bonchev–Trinajstić information content (AvgIpc) is 2.60. The molecule has 1 aromatic heterocycles. The molecule has 0 saturated carbocycles. The van der Waals surface area contributed by atoms with Gasteiger partial charge in [0.25, 0.3) is 0 Å². The third kappa shape index (κ3) is 4.37. The van der Waals surface area contributed by atoms with Gasteiger partial charge >= 0.3 is 6.36 Å². The molecule has 1 aromatic carbocycles. The van der Waals surface area contributed by atoms with Crippen LogP contribution in [0.2, 0.25) is 0 Å². The number of ether oxygens (including phenoxy) is 2. The van der Waals surface area contributed by atoms with E-state index in [1.54, 1.807) is 18.3 Å². The van der Waals surface area contributed by atoms with Crippen LogP contribution in [0.15, 0.2) is 42.6 Å². The van der Waals surface area contributed by atoms with Crippen molar-refractivity contribution in [1.82, 2.24) is 9.71 Å². The lowest BCUT2D eigenvalue weighted by Crippen LogP contribution is -2.54. The van der Waals surface area contributed by atoms with Gasteiger partial charge in [-0.2, -0.15) is 0 Å². The molecule has 0 saturated heterocycles. The van der Waals surface area contributed by atoms with Crippen LogP contribution in [-0.4, -0.2) is 27.3 Å². The highest BCUT2D eigenvalue weighted by atomic mass is 32.2. The molecule has 1 N–H and O–H groups in total. The number of hydrogen-bond donors (Lipinski definition) is 1. The number of hydrogen-bond acceptors (Lipinski definition) is 5. The number of fused-ring (bicyclic) bond motifs is 1. The van der Waals surface area contributed by atoms with Gasteiger partial charge in [0, 0.05) is 24.0 Å². The van der Waals surface area contributed by atoms with E-state index in [1.807, 2.05) is 20.8 Å². The van der Waals surface area contributed by atoms with E-state index >= 15 is 0 Å². The second-order valence-electron chi connectivity index (χ2n) is 7.41. The summed E-state index contributed by atoms with van der Waals surface area (Å²) in [5.74, 6) is 0.222. The molecule has 0 amide bonds. The number of pyridine rings is 1. The highest BCUT2D eigenvalue weighted by Crippen LogP contribution is 2.42. The van der Waals surface area contributed by atoms with Crippen LogP contribution in [0.25, 0.3) is 0 Å². The number of benzene rings is 1. The maximum Gasteiger partial charge on any atom is 0.573 e. The molecule has 2 aromatic rings. The lowest BCUT2D eigenvalue weighted by molar-refractivity contribution is -0.274. The second kappa shape index (κ2) is 7.46. The van der Waals surface area contributed by atoms with Crippen molar-refractivity contribution >= 4 is 11.4 Å². The van der Waals surface area contributed by atoms with E-state index in [0.29, 0.717) is 30.0 Å². The van der Waals surface area contributed by atoms with Crippen LogP contribution in [-0.2, 0) is 16.9 Å². The first-order chi connectivity index (χ1) is 13.0. The third-order valence-electron chi connectivity index (χ3n) is 4.31. The average molecular weight is 414 g/mol. The lowest BCUT2D eigenvalue weighted by Gasteiger charge is -2.40. The van der Waals surface area contributed by atoms with Crippen molar-refractivity contribution in [3.63, 3.8) is 0 Å². The topological polar surface area (TPSA) is 66.4 Å². The van der Waals surface area contributed by atoms with E-state index < -0.39 is 28.0 Å². The Morgan fingerprint density at radius 2 is 1.86 bits per heavy atom. The molecule has 1 aliphatic heterocycles. The van der Waals surface area contributed by atoms with E-state index in [1.165, 1.54) is 24.3 Å². The molecule has 9 heteroatoms. The molecular weight excluding hydrogens is 393 g/mol. The molecule has 0 radical (unpaired) electrons. The molecular formula is C19H21F3N2O3S. The maximum absolute atomic E-state index is 12.9. The summed E-state index contributed by atoms with van der Waals surface area (Å²) in [6.07, 6.45) is -2.75. The highest BCUT2D eigenvalue weighted by molar-refractivity contribution is 7.90. The summed E-state index contributed by atoms with van der Waals surface area (Å²) >= 11 is -1.46. The number of nitrogens with zero attached hydrogens (tertiary/aromatic N) is 1. The van der Waals surface area contributed by atoms with Gasteiger partial charge in [-0.05, 0) is 50.6 Å². The van der Waals surface area contributed by atoms with Crippen molar-refractivity contribution < 1.29 is 27.2 Å². The Hall–Kier alpha value is -1.97. The van der Waals surface area contributed by atoms with Gasteiger partial charge in [-0.15, -0.1) is 17.9 Å². The van der Waals surface area contributed by atoms with E-state index in [-0.39, 0.29) is 5.75 Å². The zero-order valence-electron chi connectivity index (χ0n) is 15.7. The number of aromatic nitrogens is 1. The quantitative estimate of drug-likeness (QED) is 0.765. The minimum Gasteiger partial charge on any atom is -0.598 e. The van der Waals surface area contributed by atoms with Crippen molar-refractivity contribution in [2.75, 3.05) is 6.61 Å². The minimum absolute atomic E-state index is 0.323. The Bertz CT molecular complexity index is 824. The summed E-state index contributed by atoms with van der Waals surface area (Å²) in [5, 5.41) is 0. The van der Waals surface area contributed by atoms with Crippen molar-refractivity contribution in [3.8, 4) is 11.5 Å². The van der Waals surface area contributed by atoms with Crippen LogP contribution in [0, 0.1) is 0 Å². The number of nitrogens with one attached hydrogen (secondary N) is 1. The summed E-state index contributed by atoms with van der Waals surface area (Å²) in [4.78, 5) is 4.43. The third-order valence-corrected chi connectivity index (χ3v) is 5.96. The molecule has 28 heavy (non-hydrogen) atoms. The lowest BCUT2D eigenvalue weighted by atomic mass is 9.82. The SMILES string of the molecule is CC(C)(C)[S+]([O-])NC1(c2ccc(OC(F)(F)F)cc2)CCOc2cccnc21. The van der Waals surface area contributed by atoms with Crippen molar-refractivity contribution in [1.29, 1.82) is 0 Å². The van der Waals surface area contributed by atoms with Crippen LogP contribution in [0.1, 0.15) is 38.4 Å². The Labute approximate surface area is 164 Å². The predicted octanol–water partition coefficient (Wildman–Crippen LogP) is 4.06. The van der Waals surface area contributed by atoms with Gasteiger partial charge < -0.3 is 14.0 Å².